The summed E-state index contributed by atoms with van der Waals surface area (Å²) in [4.78, 5) is 7.37. The van der Waals surface area contributed by atoms with Crippen LogP contribution in [0.5, 0.6) is 0 Å². The summed E-state index contributed by atoms with van der Waals surface area (Å²) in [6.45, 7) is 4.08. The van der Waals surface area contributed by atoms with Crippen molar-refractivity contribution in [3.05, 3.63) is 18.0 Å². The number of alkyl halides is 3. The summed E-state index contributed by atoms with van der Waals surface area (Å²) in [7, 11) is 0. The maximum absolute atomic E-state index is 12.6. The van der Waals surface area contributed by atoms with Crippen LogP contribution in [0.1, 0.15) is 38.8 Å². The number of aromatic nitrogens is 2. The molecule has 2 heterocycles. The molecule has 0 amide bonds. The third-order valence-corrected chi connectivity index (χ3v) is 3.37. The van der Waals surface area contributed by atoms with Crippen LogP contribution in [0.25, 0.3) is 0 Å². The average molecular weight is 274 g/mol. The molecule has 1 N–H and O–H groups in total. The summed E-state index contributed by atoms with van der Waals surface area (Å²) in [5.74, 6) is -0.00424. The molecule has 106 valence electrons. The molecule has 2 rings (SSSR count). The highest BCUT2D eigenvalue weighted by Crippen LogP contribution is 2.28. The molecule has 2 atom stereocenters. The highest BCUT2D eigenvalue weighted by atomic mass is 19.4. The van der Waals surface area contributed by atoms with Gasteiger partial charge in [0.1, 0.15) is 5.69 Å². The molecule has 2 unspecified atom stereocenters. The first-order valence-corrected chi connectivity index (χ1v) is 6.33. The van der Waals surface area contributed by atoms with E-state index in [1.54, 1.807) is 0 Å². The van der Waals surface area contributed by atoms with E-state index in [4.69, 9.17) is 0 Å². The van der Waals surface area contributed by atoms with Crippen molar-refractivity contribution < 1.29 is 13.2 Å². The number of rotatable bonds is 2. The fourth-order valence-corrected chi connectivity index (χ4v) is 2.33. The van der Waals surface area contributed by atoms with Crippen LogP contribution in [0.3, 0.4) is 0 Å². The van der Waals surface area contributed by atoms with Gasteiger partial charge in [0.15, 0.2) is 0 Å². The van der Waals surface area contributed by atoms with Crippen molar-refractivity contribution in [2.24, 2.45) is 0 Å². The fourth-order valence-electron chi connectivity index (χ4n) is 2.33. The van der Waals surface area contributed by atoms with E-state index in [0.29, 0.717) is 0 Å². The van der Waals surface area contributed by atoms with Gasteiger partial charge >= 0.3 is 6.18 Å². The SMILES string of the molecule is CC1CCCC(C)N1Nc1nccc(C(F)(F)F)n1. The molecular weight excluding hydrogens is 257 g/mol. The molecule has 1 fully saturated rings. The van der Waals surface area contributed by atoms with E-state index in [-0.39, 0.29) is 18.0 Å². The number of nitrogens with zero attached hydrogens (tertiary/aromatic N) is 3. The average Bonchev–Trinajstić information content (AvgIpc) is 2.33. The maximum atomic E-state index is 12.6. The molecule has 1 aliphatic rings. The highest BCUT2D eigenvalue weighted by molar-refractivity contribution is 5.25. The molecule has 0 saturated carbocycles. The minimum atomic E-state index is -4.45. The van der Waals surface area contributed by atoms with Gasteiger partial charge in [-0.25, -0.2) is 15.0 Å². The lowest BCUT2D eigenvalue weighted by Crippen LogP contribution is -2.47. The van der Waals surface area contributed by atoms with Gasteiger partial charge in [0.2, 0.25) is 5.95 Å². The second-order valence-electron chi connectivity index (χ2n) is 4.91. The van der Waals surface area contributed by atoms with Gasteiger partial charge in [0, 0.05) is 18.3 Å². The molecule has 0 aromatic carbocycles. The molecule has 1 saturated heterocycles. The third-order valence-electron chi connectivity index (χ3n) is 3.37. The highest BCUT2D eigenvalue weighted by Gasteiger charge is 2.33. The minimum absolute atomic E-state index is 0.00424. The molecule has 0 bridgehead atoms. The van der Waals surface area contributed by atoms with E-state index in [1.165, 1.54) is 0 Å². The number of halogens is 3. The van der Waals surface area contributed by atoms with E-state index < -0.39 is 11.9 Å². The summed E-state index contributed by atoms with van der Waals surface area (Å²) in [6.07, 6.45) is -0.174. The van der Waals surface area contributed by atoms with E-state index in [2.05, 4.69) is 15.4 Å². The van der Waals surface area contributed by atoms with Crippen LogP contribution in [-0.2, 0) is 6.18 Å². The predicted octanol–water partition coefficient (Wildman–Crippen LogP) is 3.09. The summed E-state index contributed by atoms with van der Waals surface area (Å²) in [6, 6.07) is 1.37. The number of hydrazine groups is 1. The van der Waals surface area contributed by atoms with Gasteiger partial charge in [0.25, 0.3) is 0 Å². The third kappa shape index (κ3) is 3.34. The largest absolute Gasteiger partial charge is 0.433 e. The topological polar surface area (TPSA) is 41.0 Å². The number of hydrogen-bond acceptors (Lipinski definition) is 4. The predicted molar refractivity (Wildman–Crippen MR) is 65.3 cm³/mol. The van der Waals surface area contributed by atoms with Gasteiger partial charge in [-0.1, -0.05) is 6.42 Å². The molecule has 7 heteroatoms. The van der Waals surface area contributed by atoms with Crippen LogP contribution < -0.4 is 5.43 Å². The van der Waals surface area contributed by atoms with Crippen molar-refractivity contribution >= 4 is 5.95 Å². The van der Waals surface area contributed by atoms with Gasteiger partial charge in [-0.2, -0.15) is 13.2 Å². The zero-order chi connectivity index (χ0) is 14.0. The first kappa shape index (κ1) is 14.0. The van der Waals surface area contributed by atoms with Crippen molar-refractivity contribution in [1.29, 1.82) is 0 Å². The van der Waals surface area contributed by atoms with Crippen LogP contribution in [0.2, 0.25) is 0 Å². The second kappa shape index (κ2) is 5.32. The van der Waals surface area contributed by atoms with Crippen LogP contribution in [0.15, 0.2) is 12.3 Å². The molecule has 0 aliphatic carbocycles. The first-order chi connectivity index (χ1) is 8.88. The first-order valence-electron chi connectivity index (χ1n) is 6.33. The minimum Gasteiger partial charge on any atom is -0.286 e. The Labute approximate surface area is 110 Å². The number of nitrogens with one attached hydrogen (secondary N) is 1. The number of anilines is 1. The van der Waals surface area contributed by atoms with Crippen LogP contribution >= 0.6 is 0 Å². The monoisotopic (exact) mass is 274 g/mol. The number of piperidine rings is 1. The van der Waals surface area contributed by atoms with Gasteiger partial charge in [-0.15, -0.1) is 0 Å². The Morgan fingerprint density at radius 3 is 2.47 bits per heavy atom. The van der Waals surface area contributed by atoms with Crippen LogP contribution in [0, 0.1) is 0 Å². The smallest absolute Gasteiger partial charge is 0.286 e. The van der Waals surface area contributed by atoms with E-state index in [1.807, 2.05) is 18.9 Å². The lowest BCUT2D eigenvalue weighted by atomic mass is 10.00. The summed E-state index contributed by atoms with van der Waals surface area (Å²) in [5, 5.41) is 1.93. The Morgan fingerprint density at radius 2 is 1.89 bits per heavy atom. The maximum Gasteiger partial charge on any atom is 0.433 e. The van der Waals surface area contributed by atoms with Gasteiger partial charge < -0.3 is 0 Å². The normalized spacial score (nSPS) is 25.3. The molecule has 0 radical (unpaired) electrons. The molecule has 0 spiro atoms. The van der Waals surface area contributed by atoms with E-state index in [0.717, 1.165) is 31.5 Å². The van der Waals surface area contributed by atoms with Crippen molar-refractivity contribution in [3.63, 3.8) is 0 Å². The summed E-state index contributed by atoms with van der Waals surface area (Å²) >= 11 is 0. The zero-order valence-corrected chi connectivity index (χ0v) is 10.9. The fraction of sp³-hybridized carbons (Fsp3) is 0.667. The zero-order valence-electron chi connectivity index (χ0n) is 10.9. The molecule has 1 aromatic rings. The Morgan fingerprint density at radius 1 is 1.26 bits per heavy atom. The lowest BCUT2D eigenvalue weighted by molar-refractivity contribution is -0.141. The molecule has 19 heavy (non-hydrogen) atoms. The van der Waals surface area contributed by atoms with Crippen LogP contribution in [0.4, 0.5) is 19.1 Å². The van der Waals surface area contributed by atoms with E-state index >= 15 is 0 Å². The Kier molecular flexibility index (Phi) is 3.93. The van der Waals surface area contributed by atoms with E-state index in [9.17, 15) is 13.2 Å². The summed E-state index contributed by atoms with van der Waals surface area (Å²) < 4.78 is 37.7. The quantitative estimate of drug-likeness (QED) is 0.899. The van der Waals surface area contributed by atoms with Crippen molar-refractivity contribution in [3.8, 4) is 0 Å². The molecule has 4 nitrogen and oxygen atoms in total. The Bertz CT molecular complexity index is 425. The molecule has 1 aliphatic heterocycles. The molecular formula is C12H17F3N4. The van der Waals surface area contributed by atoms with Gasteiger partial charge in [-0.3, -0.25) is 5.43 Å². The molecule has 1 aromatic heterocycles. The van der Waals surface area contributed by atoms with Gasteiger partial charge in [-0.05, 0) is 32.8 Å². The second-order valence-corrected chi connectivity index (χ2v) is 4.91. The summed E-state index contributed by atoms with van der Waals surface area (Å²) in [5.41, 5.74) is 1.98. The van der Waals surface area contributed by atoms with Gasteiger partial charge in [0.05, 0.1) is 0 Å². The Hall–Kier alpha value is -1.37. The lowest BCUT2D eigenvalue weighted by Gasteiger charge is -2.38. The standard InChI is InChI=1S/C12H17F3N4/c1-8-4-3-5-9(2)19(8)18-11-16-7-6-10(17-11)12(13,14)15/h6-9H,3-5H2,1-2H3,(H,16,17,18). The van der Waals surface area contributed by atoms with Crippen molar-refractivity contribution in [2.75, 3.05) is 5.43 Å². The van der Waals surface area contributed by atoms with Crippen LogP contribution in [-0.4, -0.2) is 27.1 Å². The Balaban J connectivity index is 2.14. The number of hydrogen-bond donors (Lipinski definition) is 1. The van der Waals surface area contributed by atoms with Crippen molar-refractivity contribution in [2.45, 2.75) is 51.4 Å². The van der Waals surface area contributed by atoms with Crippen molar-refractivity contribution in [1.82, 2.24) is 15.0 Å².